The SMILES string of the molecule is CNC(CSc1ccccc1Br)Cc1cncc(Br)c1. The topological polar surface area (TPSA) is 24.9 Å². The molecule has 0 aliphatic heterocycles. The minimum absolute atomic E-state index is 0.420. The van der Waals surface area contributed by atoms with E-state index in [4.69, 9.17) is 0 Å². The van der Waals surface area contributed by atoms with Crippen LogP contribution in [0.2, 0.25) is 0 Å². The van der Waals surface area contributed by atoms with Gasteiger partial charge < -0.3 is 5.32 Å². The van der Waals surface area contributed by atoms with Crippen molar-refractivity contribution in [2.45, 2.75) is 17.4 Å². The van der Waals surface area contributed by atoms with E-state index < -0.39 is 0 Å². The van der Waals surface area contributed by atoms with E-state index in [2.05, 4.69) is 66.4 Å². The van der Waals surface area contributed by atoms with E-state index in [-0.39, 0.29) is 0 Å². The highest BCUT2D eigenvalue weighted by Gasteiger charge is 2.10. The van der Waals surface area contributed by atoms with Crippen LogP contribution in [0, 0.1) is 0 Å². The quantitative estimate of drug-likeness (QED) is 0.701. The van der Waals surface area contributed by atoms with Gasteiger partial charge in [0.15, 0.2) is 0 Å². The number of halogens is 2. The predicted octanol–water partition coefficient (Wildman–Crippen LogP) is 4.53. The molecule has 1 N–H and O–H groups in total. The van der Waals surface area contributed by atoms with Crippen LogP contribution in [-0.4, -0.2) is 23.8 Å². The first-order chi connectivity index (χ1) is 9.69. The number of hydrogen-bond acceptors (Lipinski definition) is 3. The second kappa shape index (κ2) is 8.17. The fraction of sp³-hybridized carbons (Fsp3) is 0.267. The Morgan fingerprint density at radius 2 is 2.05 bits per heavy atom. The summed E-state index contributed by atoms with van der Waals surface area (Å²) in [6.45, 7) is 0. The molecule has 0 amide bonds. The van der Waals surface area contributed by atoms with Crippen LogP contribution in [0.25, 0.3) is 0 Å². The lowest BCUT2D eigenvalue weighted by Gasteiger charge is -2.16. The minimum Gasteiger partial charge on any atom is -0.316 e. The highest BCUT2D eigenvalue weighted by molar-refractivity contribution is 9.10. The van der Waals surface area contributed by atoms with Gasteiger partial charge in [-0.3, -0.25) is 4.98 Å². The number of likely N-dealkylation sites (N-methyl/N-ethyl adjacent to an activating group) is 1. The van der Waals surface area contributed by atoms with Gasteiger partial charge in [-0.1, -0.05) is 12.1 Å². The molecule has 0 bridgehead atoms. The predicted molar refractivity (Wildman–Crippen MR) is 93.4 cm³/mol. The van der Waals surface area contributed by atoms with Gasteiger partial charge in [-0.05, 0) is 69.1 Å². The highest BCUT2D eigenvalue weighted by atomic mass is 79.9. The second-order valence-corrected chi connectivity index (χ2v) is 7.27. The third-order valence-electron chi connectivity index (χ3n) is 2.93. The maximum Gasteiger partial charge on any atom is 0.0410 e. The van der Waals surface area contributed by atoms with Crippen molar-refractivity contribution in [2.75, 3.05) is 12.8 Å². The summed E-state index contributed by atoms with van der Waals surface area (Å²) >= 11 is 8.91. The summed E-state index contributed by atoms with van der Waals surface area (Å²) in [5, 5.41) is 3.38. The number of rotatable bonds is 6. The Labute approximate surface area is 141 Å². The first-order valence-electron chi connectivity index (χ1n) is 6.33. The lowest BCUT2D eigenvalue weighted by molar-refractivity contribution is 0.616. The number of nitrogens with zero attached hydrogens (tertiary/aromatic N) is 1. The molecular formula is C15H16Br2N2S. The molecule has 0 saturated carbocycles. The number of nitrogens with one attached hydrogen (secondary N) is 1. The van der Waals surface area contributed by atoms with Gasteiger partial charge in [-0.2, -0.15) is 0 Å². The van der Waals surface area contributed by atoms with E-state index in [0.717, 1.165) is 21.1 Å². The monoisotopic (exact) mass is 414 g/mol. The molecule has 1 unspecified atom stereocenters. The molecule has 1 aromatic carbocycles. The van der Waals surface area contributed by atoms with E-state index in [1.54, 1.807) is 0 Å². The van der Waals surface area contributed by atoms with Crippen molar-refractivity contribution in [3.05, 3.63) is 57.2 Å². The van der Waals surface area contributed by atoms with Crippen LogP contribution in [-0.2, 0) is 6.42 Å². The van der Waals surface area contributed by atoms with Crippen LogP contribution in [0.4, 0.5) is 0 Å². The number of thioether (sulfide) groups is 1. The lowest BCUT2D eigenvalue weighted by Crippen LogP contribution is -2.30. The molecule has 2 aromatic rings. The molecule has 106 valence electrons. The summed E-state index contributed by atoms with van der Waals surface area (Å²) in [6, 6.07) is 10.9. The Kier molecular flexibility index (Phi) is 6.55. The Bertz CT molecular complexity index is 563. The van der Waals surface area contributed by atoms with E-state index in [1.165, 1.54) is 10.5 Å². The zero-order valence-corrected chi connectivity index (χ0v) is 15.1. The van der Waals surface area contributed by atoms with Crippen molar-refractivity contribution in [3.63, 3.8) is 0 Å². The van der Waals surface area contributed by atoms with Crippen molar-refractivity contribution >= 4 is 43.6 Å². The van der Waals surface area contributed by atoms with Crippen LogP contribution in [0.5, 0.6) is 0 Å². The standard InChI is InChI=1S/C15H16Br2N2S/c1-18-13(7-11-6-12(16)9-19-8-11)10-20-15-5-3-2-4-14(15)17/h2-6,8-9,13,18H,7,10H2,1H3. The number of aromatic nitrogens is 1. The van der Waals surface area contributed by atoms with E-state index >= 15 is 0 Å². The van der Waals surface area contributed by atoms with Gasteiger partial charge in [-0.25, -0.2) is 0 Å². The van der Waals surface area contributed by atoms with E-state index in [9.17, 15) is 0 Å². The van der Waals surface area contributed by atoms with Gasteiger partial charge in [0.2, 0.25) is 0 Å². The molecule has 1 heterocycles. The van der Waals surface area contributed by atoms with Crippen molar-refractivity contribution in [3.8, 4) is 0 Å². The van der Waals surface area contributed by atoms with Crippen molar-refractivity contribution < 1.29 is 0 Å². The molecule has 0 aliphatic rings. The first-order valence-corrected chi connectivity index (χ1v) is 8.90. The fourth-order valence-electron chi connectivity index (χ4n) is 1.85. The van der Waals surface area contributed by atoms with Gasteiger partial charge >= 0.3 is 0 Å². The summed E-state index contributed by atoms with van der Waals surface area (Å²) in [5.74, 6) is 1.02. The lowest BCUT2D eigenvalue weighted by atomic mass is 10.1. The van der Waals surface area contributed by atoms with Crippen LogP contribution in [0.15, 0.2) is 56.6 Å². The average Bonchev–Trinajstić information content (AvgIpc) is 2.45. The Morgan fingerprint density at radius 1 is 1.25 bits per heavy atom. The molecule has 5 heteroatoms. The molecule has 1 aromatic heterocycles. The van der Waals surface area contributed by atoms with Crippen LogP contribution >= 0.6 is 43.6 Å². The van der Waals surface area contributed by atoms with Gasteiger partial charge in [-0.15, -0.1) is 11.8 Å². The van der Waals surface area contributed by atoms with Gasteiger partial charge in [0.1, 0.15) is 0 Å². The third kappa shape index (κ3) is 4.88. The molecule has 0 spiro atoms. The number of benzene rings is 1. The molecule has 0 fully saturated rings. The summed E-state index contributed by atoms with van der Waals surface area (Å²) in [5.41, 5.74) is 1.24. The smallest absolute Gasteiger partial charge is 0.0410 e. The molecule has 0 saturated heterocycles. The van der Waals surface area contributed by atoms with Crippen molar-refractivity contribution in [1.29, 1.82) is 0 Å². The number of hydrogen-bond donors (Lipinski definition) is 1. The molecule has 20 heavy (non-hydrogen) atoms. The third-order valence-corrected chi connectivity index (χ3v) is 5.55. The minimum atomic E-state index is 0.420. The normalized spacial score (nSPS) is 12.3. The zero-order chi connectivity index (χ0) is 14.4. The van der Waals surface area contributed by atoms with Crippen molar-refractivity contribution in [2.24, 2.45) is 0 Å². The zero-order valence-electron chi connectivity index (χ0n) is 11.1. The molecular weight excluding hydrogens is 400 g/mol. The van der Waals surface area contributed by atoms with Gasteiger partial charge in [0, 0.05) is 38.0 Å². The first kappa shape index (κ1) is 16.0. The largest absolute Gasteiger partial charge is 0.316 e. The summed E-state index contributed by atoms with van der Waals surface area (Å²) in [4.78, 5) is 5.49. The molecule has 1 atom stereocenters. The van der Waals surface area contributed by atoms with Crippen LogP contribution in [0.3, 0.4) is 0 Å². The maximum absolute atomic E-state index is 4.22. The molecule has 0 aliphatic carbocycles. The average molecular weight is 416 g/mol. The number of pyridine rings is 1. The summed E-state index contributed by atoms with van der Waals surface area (Å²) in [7, 11) is 2.01. The highest BCUT2D eigenvalue weighted by Crippen LogP contribution is 2.27. The Morgan fingerprint density at radius 3 is 2.75 bits per heavy atom. The van der Waals surface area contributed by atoms with E-state index in [1.807, 2.05) is 37.3 Å². The second-order valence-electron chi connectivity index (χ2n) is 4.44. The van der Waals surface area contributed by atoms with Crippen LogP contribution < -0.4 is 5.32 Å². The van der Waals surface area contributed by atoms with E-state index in [0.29, 0.717) is 6.04 Å². The Balaban J connectivity index is 1.94. The molecule has 0 radical (unpaired) electrons. The molecule has 2 nitrogen and oxygen atoms in total. The Hall–Kier alpha value is -0.360. The van der Waals surface area contributed by atoms with Crippen LogP contribution in [0.1, 0.15) is 5.56 Å². The fourth-order valence-corrected chi connectivity index (χ4v) is 3.93. The summed E-state index contributed by atoms with van der Waals surface area (Å²) in [6.07, 6.45) is 4.71. The van der Waals surface area contributed by atoms with Gasteiger partial charge in [0.25, 0.3) is 0 Å². The molecule has 2 rings (SSSR count). The maximum atomic E-state index is 4.22. The van der Waals surface area contributed by atoms with Crippen molar-refractivity contribution in [1.82, 2.24) is 10.3 Å². The van der Waals surface area contributed by atoms with Gasteiger partial charge in [0.05, 0.1) is 0 Å². The summed E-state index contributed by atoms with van der Waals surface area (Å²) < 4.78 is 2.19.